The van der Waals surface area contributed by atoms with Crippen LogP contribution in [0.2, 0.25) is 0 Å². The number of nitrogens with one attached hydrogen (secondary N) is 4. The van der Waals surface area contributed by atoms with Gasteiger partial charge in [0, 0.05) is 106 Å². The van der Waals surface area contributed by atoms with Gasteiger partial charge in [-0.3, -0.25) is 24.4 Å². The summed E-state index contributed by atoms with van der Waals surface area (Å²) in [4.78, 5) is 57.0. The Hall–Kier alpha value is -3.68. The van der Waals surface area contributed by atoms with Crippen molar-refractivity contribution in [1.29, 1.82) is 0 Å². The Bertz CT molecular complexity index is 2050. The molecule has 3 aliphatic heterocycles. The summed E-state index contributed by atoms with van der Waals surface area (Å²) in [6.07, 6.45) is 4.33. The molecular weight excluding hydrogens is 924 g/mol. The summed E-state index contributed by atoms with van der Waals surface area (Å²) < 4.78 is 11.9. The van der Waals surface area contributed by atoms with Gasteiger partial charge in [0.1, 0.15) is 12.1 Å². The van der Waals surface area contributed by atoms with Gasteiger partial charge in [-0.25, -0.2) is 10.4 Å². The molecule has 4 atom stereocenters. The number of anilines is 1. The van der Waals surface area contributed by atoms with Crippen LogP contribution in [0, 0.1) is 18.3 Å². The number of hydrogen-bond acceptors (Lipinski definition) is 11. The Morgan fingerprint density at radius 2 is 1.91 bits per heavy atom. The van der Waals surface area contributed by atoms with Gasteiger partial charge in [-0.2, -0.15) is 6.92 Å². The van der Waals surface area contributed by atoms with Gasteiger partial charge >= 0.3 is 5.97 Å². The van der Waals surface area contributed by atoms with E-state index in [2.05, 4.69) is 71.0 Å². The molecule has 2 saturated heterocycles. The fraction of sp³-hybridized carbons (Fsp3) is 0.535. The maximum atomic E-state index is 14.0. The number of nitrogens with zero attached hydrogens (tertiary/aromatic N) is 4. The molecule has 3 aliphatic rings. The molecule has 4 unspecified atom stereocenters. The molecule has 4 aromatic rings. The zero-order valence-electron chi connectivity index (χ0n) is 34.9. The molecule has 314 valence electrons. The van der Waals surface area contributed by atoms with Crippen LogP contribution in [0.4, 0.5) is 5.69 Å². The molecule has 6 heterocycles. The van der Waals surface area contributed by atoms with Crippen LogP contribution in [-0.2, 0) is 57.8 Å². The van der Waals surface area contributed by atoms with E-state index in [4.69, 9.17) is 19.4 Å². The number of esters is 1. The fourth-order valence-corrected chi connectivity index (χ4v) is 8.48. The zero-order chi connectivity index (χ0) is 40.9. The number of pyridine rings is 1. The van der Waals surface area contributed by atoms with E-state index in [9.17, 15) is 14.4 Å². The first-order valence-corrected chi connectivity index (χ1v) is 21.2. The van der Waals surface area contributed by atoms with E-state index in [0.29, 0.717) is 32.2 Å². The van der Waals surface area contributed by atoms with Crippen molar-refractivity contribution in [2.75, 3.05) is 51.3 Å². The van der Waals surface area contributed by atoms with Crippen molar-refractivity contribution in [3.05, 3.63) is 59.0 Å². The van der Waals surface area contributed by atoms with E-state index in [-0.39, 0.29) is 57.9 Å². The summed E-state index contributed by atoms with van der Waals surface area (Å²) in [5, 5.41) is 11.7. The smallest absolute Gasteiger partial charge is 0.324 e. The summed E-state index contributed by atoms with van der Waals surface area (Å²) in [5.41, 5.74) is 10.3. The predicted molar refractivity (Wildman–Crippen MR) is 226 cm³/mol. The normalized spacial score (nSPS) is 20.8. The van der Waals surface area contributed by atoms with E-state index < -0.39 is 23.5 Å². The second kappa shape index (κ2) is 20.0. The van der Waals surface area contributed by atoms with E-state index in [1.54, 1.807) is 14.0 Å². The molecule has 2 amide bonds. The molecule has 1 aromatic carbocycles. The molecule has 7 rings (SSSR count). The third-order valence-corrected chi connectivity index (χ3v) is 12.1. The quantitative estimate of drug-likeness (QED) is 0.128. The van der Waals surface area contributed by atoms with Crippen LogP contribution in [0.5, 0.6) is 0 Å². The van der Waals surface area contributed by atoms with Gasteiger partial charge in [-0.05, 0) is 56.4 Å². The number of aromatic nitrogens is 3. The first kappa shape index (κ1) is 45.4. The molecule has 2 fully saturated rings. The fourth-order valence-electron chi connectivity index (χ4n) is 7.63. The van der Waals surface area contributed by atoms with Gasteiger partial charge in [0.2, 0.25) is 5.91 Å². The third kappa shape index (κ3) is 10.2. The second-order valence-corrected chi connectivity index (χ2v) is 16.9. The minimum atomic E-state index is -0.851. The number of ether oxygens (including phenoxy) is 2. The standard InChI is InChI=1S/C41H54N8O5S.C2H5.W/c1-7-24(2)38(50)46-33-19-35-44-34(22-55-35)26-10-11-31-28(17-26)30(20-41(4,5)23-54-40(52)32-9-8-14-49(47-32)39(33)51)37(45-31)29-18-27(48-15-12-42-13-16-48)21-43-36(29)25(3)53-6;1-2;/h10-11,17-18,21-22,24-25,32-33,42,45,47H,7-9,12-16,19-20,23H2,1-6H3,(H,46,50);1H2,2H3;/q;-1;. The number of aromatic amines is 1. The maximum absolute atomic E-state index is 14.0. The second-order valence-electron chi connectivity index (χ2n) is 15.9. The average molecular weight is 984 g/mol. The van der Waals surface area contributed by atoms with Gasteiger partial charge in [0.15, 0.2) is 0 Å². The Labute approximate surface area is 361 Å². The van der Waals surface area contributed by atoms with Crippen LogP contribution < -0.4 is 21.0 Å². The van der Waals surface area contributed by atoms with Gasteiger partial charge in [-0.15, -0.1) is 11.3 Å². The summed E-state index contributed by atoms with van der Waals surface area (Å²) >= 11 is 1.47. The van der Waals surface area contributed by atoms with Crippen molar-refractivity contribution in [3.8, 4) is 22.5 Å². The minimum Gasteiger partial charge on any atom is -0.464 e. The molecule has 15 heteroatoms. The topological polar surface area (TPSA) is 154 Å². The number of hydrazine groups is 1. The number of hydrogen-bond donors (Lipinski definition) is 4. The number of carbonyl (C=O) groups is 3. The molecule has 0 saturated carbocycles. The number of H-pyrrole nitrogens is 1. The van der Waals surface area contributed by atoms with Crippen LogP contribution in [0.25, 0.3) is 33.4 Å². The molecule has 13 nitrogen and oxygen atoms in total. The number of rotatable bonds is 7. The largest absolute Gasteiger partial charge is 0.464 e. The molecule has 4 N–H and O–H groups in total. The monoisotopic (exact) mass is 983 g/mol. The molecule has 58 heavy (non-hydrogen) atoms. The Kier molecular flexibility index (Phi) is 15.7. The molecular formula is C43H59N8O5SW-. The van der Waals surface area contributed by atoms with E-state index in [0.717, 1.165) is 81.5 Å². The number of fused-ring (bicyclic) bond motifs is 6. The van der Waals surface area contributed by atoms with E-state index >= 15 is 0 Å². The maximum Gasteiger partial charge on any atom is 0.324 e. The van der Waals surface area contributed by atoms with Crippen molar-refractivity contribution in [1.82, 2.24) is 36.0 Å². The van der Waals surface area contributed by atoms with Gasteiger partial charge in [0.05, 0.1) is 46.7 Å². The van der Waals surface area contributed by atoms with Crippen molar-refractivity contribution in [2.45, 2.75) is 91.8 Å². The average Bonchev–Trinajstić information content (AvgIpc) is 3.86. The number of thiazole rings is 1. The first-order valence-electron chi connectivity index (χ1n) is 20.3. The summed E-state index contributed by atoms with van der Waals surface area (Å²) in [6.45, 7) is 19.2. The number of carbonyl (C=O) groups excluding carboxylic acids is 3. The third-order valence-electron chi connectivity index (χ3n) is 11.2. The van der Waals surface area contributed by atoms with Crippen molar-refractivity contribution >= 4 is 45.7 Å². The Morgan fingerprint density at radius 3 is 2.64 bits per heavy atom. The minimum absolute atomic E-state index is 0. The van der Waals surface area contributed by atoms with Gasteiger partial charge in [-0.1, -0.05) is 33.8 Å². The van der Waals surface area contributed by atoms with Gasteiger partial charge < -0.3 is 36.9 Å². The number of methoxy groups -OCH3 is 1. The first-order chi connectivity index (χ1) is 27.4. The van der Waals surface area contributed by atoms with Crippen molar-refractivity contribution in [2.24, 2.45) is 11.3 Å². The van der Waals surface area contributed by atoms with Crippen LogP contribution in [-0.4, -0.2) is 96.3 Å². The van der Waals surface area contributed by atoms with Gasteiger partial charge in [0.25, 0.3) is 5.91 Å². The summed E-state index contributed by atoms with van der Waals surface area (Å²) in [7, 11) is 1.70. The Balaban J connectivity index is 0.00000210. The van der Waals surface area contributed by atoms with Crippen molar-refractivity contribution < 1.29 is 44.9 Å². The molecule has 0 aliphatic carbocycles. The van der Waals surface area contributed by atoms with E-state index in [1.807, 2.05) is 32.3 Å². The predicted octanol–water partition coefficient (Wildman–Crippen LogP) is 6.00. The number of amides is 2. The number of cyclic esters (lactones) is 1. The number of benzene rings is 1. The number of piperazine rings is 1. The van der Waals surface area contributed by atoms with Crippen LogP contribution in [0.15, 0.2) is 35.8 Å². The molecule has 6 bridgehead atoms. The van der Waals surface area contributed by atoms with Crippen molar-refractivity contribution in [3.63, 3.8) is 0 Å². The zero-order valence-corrected chi connectivity index (χ0v) is 38.7. The molecule has 3 aromatic heterocycles. The molecule has 0 spiro atoms. The van der Waals surface area contributed by atoms with Crippen LogP contribution in [0.1, 0.15) is 83.2 Å². The van der Waals surface area contributed by atoms with Crippen LogP contribution in [0.3, 0.4) is 0 Å². The summed E-state index contributed by atoms with van der Waals surface area (Å²) in [5.74, 6) is -1.14. The SMILES string of the molecule is CCC(C)C(=O)NC1Cc2nc(cs2)-c2ccc3[nH]c(-c4cc(N5CCNCC5)cnc4C(C)OC)c(c3c2)CC(C)(C)COC(=O)C2CCCN(N2)C1=O.[CH2-]C.[W]. The van der Waals surface area contributed by atoms with E-state index in [1.165, 1.54) is 16.3 Å². The summed E-state index contributed by atoms with van der Waals surface area (Å²) in [6, 6.07) is 7.02. The van der Waals surface area contributed by atoms with Crippen LogP contribution >= 0.6 is 11.3 Å². The molecule has 0 radical (unpaired) electrons. The Morgan fingerprint density at radius 1 is 1.16 bits per heavy atom.